The molecule has 0 aromatic heterocycles. The van der Waals surface area contributed by atoms with Crippen LogP contribution in [-0.2, 0) is 27.9 Å². The number of nitrogens with zero attached hydrogens (tertiary/aromatic N) is 3. The van der Waals surface area contributed by atoms with E-state index in [1.807, 2.05) is 0 Å². The standard InChI is InChI=1S/C24H32N3O8PS/c1-15(28)33-13-17-14-37-22-19(25-12-16-8-10-18(11-9-16)27(30)31)20(29)26(22)21(17)36(32,34-23(2,3)4)35-24(5,6)7/h8-12,19,22H,13-14H2,1-7H3/t19-,22+/m1/s1. The van der Waals surface area contributed by atoms with Gasteiger partial charge in [-0.25, -0.2) is 0 Å². The first kappa shape index (κ1) is 29.0. The molecule has 11 nitrogen and oxygen atoms in total. The van der Waals surface area contributed by atoms with E-state index in [1.165, 1.54) is 41.9 Å². The molecule has 0 unspecified atom stereocenters. The Morgan fingerprint density at radius 1 is 1.19 bits per heavy atom. The van der Waals surface area contributed by atoms with E-state index >= 15 is 0 Å². The summed E-state index contributed by atoms with van der Waals surface area (Å²) in [5, 5.41) is 10.4. The highest BCUT2D eigenvalue weighted by Crippen LogP contribution is 2.66. The molecule has 1 amide bonds. The fourth-order valence-corrected chi connectivity index (χ4v) is 7.87. The van der Waals surface area contributed by atoms with Crippen molar-refractivity contribution in [3.05, 3.63) is 51.0 Å². The maximum Gasteiger partial charge on any atom is 0.378 e. The zero-order valence-electron chi connectivity index (χ0n) is 21.9. The van der Waals surface area contributed by atoms with Gasteiger partial charge in [-0.15, -0.1) is 11.8 Å². The van der Waals surface area contributed by atoms with Crippen LogP contribution in [0.2, 0.25) is 0 Å². The number of carbonyl (C=O) groups is 2. The van der Waals surface area contributed by atoms with Crippen molar-refractivity contribution in [1.29, 1.82) is 0 Å². The Morgan fingerprint density at radius 3 is 2.24 bits per heavy atom. The topological polar surface area (TPSA) is 138 Å². The molecule has 1 fully saturated rings. The lowest BCUT2D eigenvalue weighted by Crippen LogP contribution is -2.63. The van der Waals surface area contributed by atoms with Crippen molar-refractivity contribution in [1.82, 2.24) is 4.90 Å². The molecule has 2 aliphatic rings. The first-order chi connectivity index (χ1) is 17.0. The molecule has 0 aliphatic carbocycles. The molecule has 2 heterocycles. The predicted octanol–water partition coefficient (Wildman–Crippen LogP) is 4.90. The van der Waals surface area contributed by atoms with Gasteiger partial charge in [0.25, 0.3) is 11.6 Å². The van der Waals surface area contributed by atoms with E-state index in [1.54, 1.807) is 53.7 Å². The van der Waals surface area contributed by atoms with Gasteiger partial charge in [0.2, 0.25) is 0 Å². The number of rotatable bonds is 8. The third-order valence-electron chi connectivity index (χ3n) is 4.97. The summed E-state index contributed by atoms with van der Waals surface area (Å²) in [4.78, 5) is 41.1. The highest BCUT2D eigenvalue weighted by molar-refractivity contribution is 8.00. The van der Waals surface area contributed by atoms with Gasteiger partial charge >= 0.3 is 13.6 Å². The molecule has 1 saturated heterocycles. The van der Waals surface area contributed by atoms with E-state index < -0.39 is 47.0 Å². The number of carbonyl (C=O) groups excluding carboxylic acids is 2. The molecule has 0 saturated carbocycles. The Hall–Kier alpha value is -2.53. The molecule has 37 heavy (non-hydrogen) atoms. The van der Waals surface area contributed by atoms with Crippen LogP contribution in [0.3, 0.4) is 0 Å². The van der Waals surface area contributed by atoms with Crippen LogP contribution in [0, 0.1) is 10.1 Å². The van der Waals surface area contributed by atoms with Gasteiger partial charge in [0.1, 0.15) is 17.4 Å². The third-order valence-corrected chi connectivity index (χ3v) is 8.92. The van der Waals surface area contributed by atoms with Crippen LogP contribution in [0.1, 0.15) is 54.0 Å². The summed E-state index contributed by atoms with van der Waals surface area (Å²) in [6, 6.07) is 5.04. The second-order valence-corrected chi connectivity index (χ2v) is 13.5. The fraction of sp³-hybridized carbons (Fsp3) is 0.542. The van der Waals surface area contributed by atoms with Crippen LogP contribution in [0.5, 0.6) is 0 Å². The van der Waals surface area contributed by atoms with Crippen molar-refractivity contribution in [2.45, 2.75) is 71.1 Å². The van der Waals surface area contributed by atoms with Gasteiger partial charge < -0.3 is 4.74 Å². The minimum absolute atomic E-state index is 0.0468. The maximum atomic E-state index is 14.4. The minimum atomic E-state index is -4.09. The van der Waals surface area contributed by atoms with E-state index in [0.717, 1.165) is 0 Å². The summed E-state index contributed by atoms with van der Waals surface area (Å²) in [6.45, 7) is 11.5. The van der Waals surface area contributed by atoms with Crippen molar-refractivity contribution in [2.24, 2.45) is 4.99 Å². The Balaban J connectivity index is 1.97. The molecule has 0 spiro atoms. The quantitative estimate of drug-likeness (QED) is 0.110. The van der Waals surface area contributed by atoms with Gasteiger partial charge in [-0.3, -0.25) is 43.2 Å². The lowest BCUT2D eigenvalue weighted by atomic mass is 10.1. The van der Waals surface area contributed by atoms with Crippen molar-refractivity contribution >= 4 is 43.1 Å². The van der Waals surface area contributed by atoms with Crippen molar-refractivity contribution in [3.8, 4) is 0 Å². The first-order valence-electron chi connectivity index (χ1n) is 11.6. The second kappa shape index (κ2) is 10.7. The van der Waals surface area contributed by atoms with Gasteiger partial charge in [-0.2, -0.15) is 0 Å². The van der Waals surface area contributed by atoms with E-state index in [2.05, 4.69) is 4.99 Å². The summed E-state index contributed by atoms with van der Waals surface area (Å²) >= 11 is 1.40. The first-order valence-corrected chi connectivity index (χ1v) is 14.2. The highest BCUT2D eigenvalue weighted by atomic mass is 32.2. The van der Waals surface area contributed by atoms with E-state index in [-0.39, 0.29) is 17.7 Å². The molecule has 0 radical (unpaired) electrons. The number of esters is 1. The predicted molar refractivity (Wildman–Crippen MR) is 141 cm³/mol. The minimum Gasteiger partial charge on any atom is -0.461 e. The molecule has 1 aromatic carbocycles. The molecule has 2 atom stereocenters. The summed E-state index contributed by atoms with van der Waals surface area (Å²) in [5.41, 5.74) is -0.631. The summed E-state index contributed by atoms with van der Waals surface area (Å²) in [7, 11) is -4.09. The average molecular weight is 554 g/mol. The maximum absolute atomic E-state index is 14.4. The Labute approximate surface area is 220 Å². The van der Waals surface area contributed by atoms with Crippen LogP contribution < -0.4 is 0 Å². The Bertz CT molecular complexity index is 1160. The zero-order chi connectivity index (χ0) is 27.8. The van der Waals surface area contributed by atoms with Crippen LogP contribution in [0.15, 0.2) is 40.3 Å². The van der Waals surface area contributed by atoms with Crippen LogP contribution >= 0.6 is 19.4 Å². The number of nitro benzene ring substituents is 1. The number of nitro groups is 1. The molecule has 2 aliphatic heterocycles. The van der Waals surface area contributed by atoms with Crippen LogP contribution in [0.4, 0.5) is 5.69 Å². The Morgan fingerprint density at radius 2 is 1.76 bits per heavy atom. The number of benzene rings is 1. The molecule has 0 bridgehead atoms. The van der Waals surface area contributed by atoms with E-state index in [9.17, 15) is 24.3 Å². The monoisotopic (exact) mass is 553 g/mol. The SMILES string of the molecule is CC(=O)OCC1=C(P(=O)(OC(C)(C)C)OC(C)(C)C)N2C(=O)[C@@H](N=Cc3ccc([N+](=O)[O-])cc3)[C@@H]2SC1. The van der Waals surface area contributed by atoms with E-state index in [0.29, 0.717) is 16.9 Å². The molecular weight excluding hydrogens is 521 g/mol. The van der Waals surface area contributed by atoms with Crippen molar-refractivity contribution in [3.63, 3.8) is 0 Å². The number of β-lactam (4-membered cyclic amide) rings is 1. The Kier molecular flexibility index (Phi) is 8.38. The van der Waals surface area contributed by atoms with Gasteiger partial charge in [0, 0.05) is 36.6 Å². The van der Waals surface area contributed by atoms with Crippen LogP contribution in [0.25, 0.3) is 0 Å². The van der Waals surface area contributed by atoms with Gasteiger partial charge in [-0.05, 0) is 59.2 Å². The van der Waals surface area contributed by atoms with Crippen molar-refractivity contribution in [2.75, 3.05) is 12.4 Å². The molecular formula is C24H32N3O8PS. The molecule has 0 N–H and O–H groups in total. The normalized spacial score (nSPS) is 20.6. The molecule has 1 aromatic rings. The van der Waals surface area contributed by atoms with Gasteiger partial charge in [0.15, 0.2) is 6.04 Å². The summed E-state index contributed by atoms with van der Waals surface area (Å²) in [5.74, 6) is -0.588. The average Bonchev–Trinajstić information content (AvgIpc) is 2.74. The summed E-state index contributed by atoms with van der Waals surface area (Å²) in [6.07, 6.45) is 1.48. The van der Waals surface area contributed by atoms with Crippen LogP contribution in [-0.4, -0.2) is 62.9 Å². The van der Waals surface area contributed by atoms with E-state index in [4.69, 9.17) is 13.8 Å². The lowest BCUT2D eigenvalue weighted by Gasteiger charge is -2.50. The summed E-state index contributed by atoms with van der Waals surface area (Å²) < 4.78 is 31.7. The van der Waals surface area contributed by atoms with Gasteiger partial charge in [0.05, 0.1) is 16.1 Å². The van der Waals surface area contributed by atoms with Gasteiger partial charge in [-0.1, -0.05) is 0 Å². The fourth-order valence-electron chi connectivity index (χ4n) is 3.69. The molecule has 3 rings (SSSR count). The lowest BCUT2D eigenvalue weighted by molar-refractivity contribution is -0.384. The number of hydrogen-bond acceptors (Lipinski definition) is 10. The number of thioether (sulfide) groups is 1. The number of amides is 1. The third kappa shape index (κ3) is 7.07. The molecule has 13 heteroatoms. The smallest absolute Gasteiger partial charge is 0.378 e. The number of non-ortho nitro benzene ring substituents is 1. The number of ether oxygens (including phenoxy) is 1. The molecule has 202 valence electrons. The highest BCUT2D eigenvalue weighted by Gasteiger charge is 2.58. The number of fused-ring (bicyclic) bond motifs is 1. The largest absolute Gasteiger partial charge is 0.461 e. The zero-order valence-corrected chi connectivity index (χ0v) is 23.6. The number of hydrogen-bond donors (Lipinski definition) is 0. The van der Waals surface area contributed by atoms with Crippen molar-refractivity contribution < 1.29 is 32.9 Å². The second-order valence-electron chi connectivity index (χ2n) is 10.6. The number of aliphatic imine (C=N–C) groups is 1.